The van der Waals surface area contributed by atoms with Crippen molar-refractivity contribution in [1.29, 1.82) is 0 Å². The number of carbonyl (C=O) groups excluding carboxylic acids is 1. The first kappa shape index (κ1) is 14.4. The molecule has 1 aliphatic rings. The van der Waals surface area contributed by atoms with Gasteiger partial charge in [-0.1, -0.05) is 6.58 Å². The number of nitrogens with one attached hydrogen (secondary N) is 1. The van der Waals surface area contributed by atoms with E-state index >= 15 is 0 Å². The van der Waals surface area contributed by atoms with Crippen LogP contribution in [0.3, 0.4) is 0 Å². The Hall–Kier alpha value is -1.97. The maximum atomic E-state index is 11.9. The zero-order valence-corrected chi connectivity index (χ0v) is 12.8. The molecular weight excluding hydrogens is 252 g/mol. The Morgan fingerprint density at radius 2 is 1.75 bits per heavy atom. The van der Waals surface area contributed by atoms with E-state index in [-0.39, 0.29) is 11.5 Å². The first-order chi connectivity index (χ1) is 9.11. The quantitative estimate of drug-likeness (QED) is 0.900. The molecule has 1 aliphatic heterocycles. The summed E-state index contributed by atoms with van der Waals surface area (Å²) in [5.41, 5.74) is 3.64. The first-order valence-corrected chi connectivity index (χ1v) is 6.71. The number of hydrogen-bond acceptors (Lipinski definition) is 3. The minimum Gasteiger partial charge on any atom is -0.488 e. The highest BCUT2D eigenvalue weighted by molar-refractivity contribution is 5.92. The van der Waals surface area contributed by atoms with Gasteiger partial charge < -0.3 is 4.74 Å². The molecule has 0 unspecified atom stereocenters. The minimum absolute atomic E-state index is 0.0440. The average Bonchev–Trinajstić information content (AvgIpc) is 2.52. The van der Waals surface area contributed by atoms with Gasteiger partial charge in [-0.2, -0.15) is 0 Å². The second-order valence-corrected chi connectivity index (χ2v) is 6.56. The standard InChI is InChI=1S/C16H22N2O2/c1-11-16(5,6)14(19)17-18(11)12-7-9-13(10-8-12)20-15(2,3)4/h7-10H,1H2,2-6H3,(H,17,19). The number of carbonyl (C=O) groups is 1. The zero-order chi connectivity index (χ0) is 15.1. The van der Waals surface area contributed by atoms with Crippen molar-refractivity contribution in [3.63, 3.8) is 0 Å². The molecule has 1 fully saturated rings. The third-order valence-corrected chi connectivity index (χ3v) is 3.29. The topological polar surface area (TPSA) is 41.6 Å². The molecule has 0 radical (unpaired) electrons. The molecule has 0 aromatic heterocycles. The lowest BCUT2D eigenvalue weighted by Crippen LogP contribution is -2.32. The van der Waals surface area contributed by atoms with E-state index in [1.807, 2.05) is 58.9 Å². The summed E-state index contributed by atoms with van der Waals surface area (Å²) in [6.07, 6.45) is 0. The molecule has 1 heterocycles. The Morgan fingerprint density at radius 3 is 2.15 bits per heavy atom. The van der Waals surface area contributed by atoms with Gasteiger partial charge in [-0.15, -0.1) is 0 Å². The fraction of sp³-hybridized carbons (Fsp3) is 0.438. The Bertz CT molecular complexity index is 539. The van der Waals surface area contributed by atoms with E-state index in [0.29, 0.717) is 0 Å². The van der Waals surface area contributed by atoms with E-state index < -0.39 is 5.41 Å². The predicted molar refractivity (Wildman–Crippen MR) is 80.4 cm³/mol. The van der Waals surface area contributed by atoms with Crippen molar-refractivity contribution in [2.75, 3.05) is 5.01 Å². The molecule has 0 atom stereocenters. The van der Waals surface area contributed by atoms with Gasteiger partial charge in [-0.25, -0.2) is 0 Å². The van der Waals surface area contributed by atoms with Gasteiger partial charge in [0, 0.05) is 5.70 Å². The summed E-state index contributed by atoms with van der Waals surface area (Å²) in [4.78, 5) is 11.9. The average molecular weight is 274 g/mol. The highest BCUT2D eigenvalue weighted by Crippen LogP contribution is 2.36. The van der Waals surface area contributed by atoms with Crippen LogP contribution in [0.25, 0.3) is 0 Å². The van der Waals surface area contributed by atoms with E-state index in [1.54, 1.807) is 5.01 Å². The van der Waals surface area contributed by atoms with Crippen molar-refractivity contribution >= 4 is 11.6 Å². The van der Waals surface area contributed by atoms with Crippen LogP contribution >= 0.6 is 0 Å². The lowest BCUT2D eigenvalue weighted by molar-refractivity contribution is -0.125. The summed E-state index contributed by atoms with van der Waals surface area (Å²) in [5, 5.41) is 1.73. The van der Waals surface area contributed by atoms with Crippen molar-refractivity contribution in [2.45, 2.75) is 40.2 Å². The SMILES string of the molecule is C=C1N(c2ccc(OC(C)(C)C)cc2)NC(=O)C1(C)C. The Kier molecular flexibility index (Phi) is 3.28. The van der Waals surface area contributed by atoms with Crippen molar-refractivity contribution in [3.8, 4) is 5.75 Å². The van der Waals surface area contributed by atoms with Crippen molar-refractivity contribution in [1.82, 2.24) is 5.43 Å². The largest absolute Gasteiger partial charge is 0.488 e. The third kappa shape index (κ3) is 2.64. The number of anilines is 1. The van der Waals surface area contributed by atoms with Crippen LogP contribution in [0.15, 0.2) is 36.5 Å². The van der Waals surface area contributed by atoms with Gasteiger partial charge in [0.05, 0.1) is 11.1 Å². The lowest BCUT2D eigenvalue weighted by Gasteiger charge is -2.24. The van der Waals surface area contributed by atoms with Gasteiger partial charge in [0.2, 0.25) is 5.91 Å². The van der Waals surface area contributed by atoms with Crippen molar-refractivity contribution < 1.29 is 9.53 Å². The number of rotatable bonds is 2. The van der Waals surface area contributed by atoms with E-state index in [9.17, 15) is 4.79 Å². The molecule has 0 saturated carbocycles. The van der Waals surface area contributed by atoms with Crippen LogP contribution in [0.2, 0.25) is 0 Å². The second-order valence-electron chi connectivity index (χ2n) is 6.56. The molecule has 1 aromatic rings. The summed E-state index contributed by atoms with van der Waals surface area (Å²) < 4.78 is 5.78. The summed E-state index contributed by atoms with van der Waals surface area (Å²) in [6, 6.07) is 7.61. The highest BCUT2D eigenvalue weighted by atomic mass is 16.5. The third-order valence-electron chi connectivity index (χ3n) is 3.29. The number of ether oxygens (including phenoxy) is 1. The molecular formula is C16H22N2O2. The van der Waals surface area contributed by atoms with Crippen LogP contribution in [0.5, 0.6) is 5.75 Å². The van der Waals surface area contributed by atoms with E-state index in [2.05, 4.69) is 12.0 Å². The van der Waals surface area contributed by atoms with Crippen LogP contribution < -0.4 is 15.2 Å². The van der Waals surface area contributed by atoms with E-state index in [4.69, 9.17) is 4.74 Å². The molecule has 0 spiro atoms. The van der Waals surface area contributed by atoms with Crippen LogP contribution in [0.1, 0.15) is 34.6 Å². The molecule has 1 N–H and O–H groups in total. The predicted octanol–water partition coefficient (Wildman–Crippen LogP) is 3.26. The molecule has 4 nitrogen and oxygen atoms in total. The maximum Gasteiger partial charge on any atom is 0.250 e. The molecule has 1 saturated heterocycles. The Labute approximate surface area is 120 Å². The summed E-state index contributed by atoms with van der Waals surface area (Å²) >= 11 is 0. The van der Waals surface area contributed by atoms with Crippen LogP contribution in [-0.4, -0.2) is 11.5 Å². The second kappa shape index (κ2) is 4.54. The van der Waals surface area contributed by atoms with Crippen molar-refractivity contribution in [3.05, 3.63) is 36.5 Å². The lowest BCUT2D eigenvalue weighted by atomic mass is 9.90. The van der Waals surface area contributed by atoms with E-state index in [0.717, 1.165) is 17.1 Å². The monoisotopic (exact) mass is 274 g/mol. The fourth-order valence-corrected chi connectivity index (χ4v) is 1.96. The summed E-state index contributed by atoms with van der Waals surface area (Å²) in [7, 11) is 0. The van der Waals surface area contributed by atoms with Gasteiger partial charge >= 0.3 is 0 Å². The fourth-order valence-electron chi connectivity index (χ4n) is 1.96. The van der Waals surface area contributed by atoms with Crippen LogP contribution in [-0.2, 0) is 4.79 Å². The normalized spacial score (nSPS) is 18.1. The number of amides is 1. The highest BCUT2D eigenvalue weighted by Gasteiger charge is 2.42. The molecule has 0 aliphatic carbocycles. The first-order valence-electron chi connectivity index (χ1n) is 6.71. The van der Waals surface area contributed by atoms with Crippen LogP contribution in [0, 0.1) is 5.41 Å². The van der Waals surface area contributed by atoms with Gasteiger partial charge in [0.15, 0.2) is 0 Å². The maximum absolute atomic E-state index is 11.9. The molecule has 1 aromatic carbocycles. The van der Waals surface area contributed by atoms with Gasteiger partial charge in [-0.05, 0) is 58.9 Å². The van der Waals surface area contributed by atoms with Gasteiger partial charge in [0.25, 0.3) is 0 Å². The molecule has 20 heavy (non-hydrogen) atoms. The van der Waals surface area contributed by atoms with Gasteiger partial charge in [0.1, 0.15) is 11.4 Å². The molecule has 0 bridgehead atoms. The number of hydrazine groups is 1. The van der Waals surface area contributed by atoms with Crippen LogP contribution in [0.4, 0.5) is 5.69 Å². The molecule has 1 amide bonds. The summed E-state index contributed by atoms with van der Waals surface area (Å²) in [6.45, 7) is 13.8. The van der Waals surface area contributed by atoms with Crippen molar-refractivity contribution in [2.24, 2.45) is 5.41 Å². The van der Waals surface area contributed by atoms with Gasteiger partial charge in [-0.3, -0.25) is 15.2 Å². The Balaban J connectivity index is 2.20. The number of nitrogens with zero attached hydrogens (tertiary/aromatic N) is 1. The molecule has 108 valence electrons. The number of benzene rings is 1. The molecule has 4 heteroatoms. The zero-order valence-electron chi connectivity index (χ0n) is 12.8. The summed E-state index contributed by atoms with van der Waals surface area (Å²) in [5.74, 6) is 0.758. The smallest absolute Gasteiger partial charge is 0.250 e. The number of hydrogen-bond donors (Lipinski definition) is 1. The van der Waals surface area contributed by atoms with E-state index in [1.165, 1.54) is 0 Å². The minimum atomic E-state index is -0.583. The molecule has 2 rings (SSSR count). The Morgan fingerprint density at radius 1 is 1.20 bits per heavy atom.